The van der Waals surface area contributed by atoms with E-state index in [2.05, 4.69) is 4.74 Å². The van der Waals surface area contributed by atoms with Gasteiger partial charge in [0.25, 0.3) is 10.0 Å². The van der Waals surface area contributed by atoms with E-state index < -0.39 is 22.1 Å². The topological polar surface area (TPSA) is 46.6 Å². The minimum Gasteiger partial charge on any atom is -0.406 e. The number of nitrogens with zero attached hydrogens (tertiary/aromatic N) is 1. The number of anilines is 1. The third-order valence-electron chi connectivity index (χ3n) is 3.09. The van der Waals surface area contributed by atoms with Crippen molar-refractivity contribution < 1.29 is 26.3 Å². The summed E-state index contributed by atoms with van der Waals surface area (Å²) < 4.78 is 67.2. The first-order valence-corrected chi connectivity index (χ1v) is 8.50. The van der Waals surface area contributed by atoms with Crippen molar-refractivity contribution in [1.29, 1.82) is 0 Å². The zero-order chi connectivity index (χ0) is 18.0. The zero-order valence-corrected chi connectivity index (χ0v) is 13.8. The van der Waals surface area contributed by atoms with Gasteiger partial charge >= 0.3 is 6.36 Å². The van der Waals surface area contributed by atoms with Crippen molar-refractivity contribution >= 4 is 15.7 Å². The van der Waals surface area contributed by atoms with Crippen molar-refractivity contribution in [3.05, 3.63) is 54.6 Å². The number of para-hydroxylation sites is 1. The van der Waals surface area contributed by atoms with Crippen LogP contribution in [0.3, 0.4) is 0 Å². The van der Waals surface area contributed by atoms with Gasteiger partial charge in [-0.15, -0.1) is 13.2 Å². The fourth-order valence-electron chi connectivity index (χ4n) is 2.22. The third kappa shape index (κ3) is 4.19. The van der Waals surface area contributed by atoms with Crippen LogP contribution in [0.15, 0.2) is 59.5 Å². The van der Waals surface area contributed by atoms with E-state index in [1.807, 2.05) is 0 Å². The van der Waals surface area contributed by atoms with Crippen molar-refractivity contribution in [3.8, 4) is 5.75 Å². The van der Waals surface area contributed by atoms with Crippen LogP contribution in [0.2, 0.25) is 0 Å². The average molecular weight is 359 g/mol. The quantitative estimate of drug-likeness (QED) is 0.804. The maximum atomic E-state index is 12.8. The Balaban J connectivity index is 2.38. The normalized spacial score (nSPS) is 12.2. The molecule has 130 valence electrons. The Morgan fingerprint density at radius 1 is 0.958 bits per heavy atom. The Hall–Kier alpha value is -2.22. The average Bonchev–Trinajstić information content (AvgIpc) is 2.46. The molecule has 0 unspecified atom stereocenters. The van der Waals surface area contributed by atoms with Crippen molar-refractivity contribution in [3.63, 3.8) is 0 Å². The Bertz CT molecular complexity index is 772. The van der Waals surface area contributed by atoms with E-state index in [0.717, 1.165) is 24.3 Å². The highest BCUT2D eigenvalue weighted by Crippen LogP contribution is 2.28. The van der Waals surface area contributed by atoms with Gasteiger partial charge in [-0.25, -0.2) is 8.42 Å². The fourth-order valence-corrected chi connectivity index (χ4v) is 3.88. The van der Waals surface area contributed by atoms with Gasteiger partial charge in [0, 0.05) is 6.04 Å². The van der Waals surface area contributed by atoms with Gasteiger partial charge in [-0.3, -0.25) is 4.31 Å². The van der Waals surface area contributed by atoms with Gasteiger partial charge in [0.2, 0.25) is 0 Å². The summed E-state index contributed by atoms with van der Waals surface area (Å²) >= 11 is 0. The Kier molecular flexibility index (Phi) is 5.08. The number of rotatable bonds is 5. The monoisotopic (exact) mass is 359 g/mol. The minimum absolute atomic E-state index is 0.116. The van der Waals surface area contributed by atoms with Gasteiger partial charge in [-0.2, -0.15) is 0 Å². The second-order valence-electron chi connectivity index (χ2n) is 5.25. The van der Waals surface area contributed by atoms with Gasteiger partial charge in [-0.05, 0) is 50.2 Å². The number of alkyl halides is 3. The Morgan fingerprint density at radius 2 is 1.50 bits per heavy atom. The standard InChI is InChI=1S/C16H16F3NO3S/c1-12(2)20(13-6-4-3-5-7-13)24(21,22)15-10-8-14(9-11-15)23-16(17,18)19/h3-12H,1-2H3. The first-order valence-electron chi connectivity index (χ1n) is 7.06. The summed E-state index contributed by atoms with van der Waals surface area (Å²) in [5, 5.41) is 0. The first kappa shape index (κ1) is 18.1. The molecule has 0 spiro atoms. The Morgan fingerprint density at radius 3 is 1.96 bits per heavy atom. The molecule has 2 rings (SSSR count). The van der Waals surface area contributed by atoms with Crippen LogP contribution < -0.4 is 9.04 Å². The second kappa shape index (κ2) is 6.72. The molecule has 0 aliphatic carbocycles. The molecule has 0 saturated heterocycles. The summed E-state index contributed by atoms with van der Waals surface area (Å²) in [6.45, 7) is 3.43. The van der Waals surface area contributed by atoms with Gasteiger partial charge in [0.1, 0.15) is 5.75 Å². The fraction of sp³-hybridized carbons (Fsp3) is 0.250. The smallest absolute Gasteiger partial charge is 0.406 e. The number of hydrogen-bond acceptors (Lipinski definition) is 3. The molecule has 0 amide bonds. The Labute approximate surface area is 138 Å². The summed E-state index contributed by atoms with van der Waals surface area (Å²) in [6.07, 6.45) is -4.83. The highest BCUT2D eigenvalue weighted by Gasteiger charge is 2.32. The lowest BCUT2D eigenvalue weighted by Crippen LogP contribution is -2.36. The highest BCUT2D eigenvalue weighted by molar-refractivity contribution is 7.92. The van der Waals surface area contributed by atoms with Crippen molar-refractivity contribution in [2.24, 2.45) is 0 Å². The summed E-state index contributed by atoms with van der Waals surface area (Å²) in [5.74, 6) is -0.475. The summed E-state index contributed by atoms with van der Waals surface area (Å²) in [7, 11) is -3.92. The number of ether oxygens (including phenoxy) is 1. The van der Waals surface area contributed by atoms with Crippen LogP contribution in [0.25, 0.3) is 0 Å². The van der Waals surface area contributed by atoms with Gasteiger partial charge < -0.3 is 4.74 Å². The van der Waals surface area contributed by atoms with Crippen LogP contribution in [-0.2, 0) is 10.0 Å². The van der Waals surface area contributed by atoms with Crippen LogP contribution >= 0.6 is 0 Å². The van der Waals surface area contributed by atoms with E-state index in [1.165, 1.54) is 4.31 Å². The van der Waals surface area contributed by atoms with Crippen molar-refractivity contribution in [2.75, 3.05) is 4.31 Å². The van der Waals surface area contributed by atoms with E-state index in [1.54, 1.807) is 44.2 Å². The summed E-state index contributed by atoms with van der Waals surface area (Å²) in [6, 6.07) is 12.2. The number of halogens is 3. The molecule has 8 heteroatoms. The van der Waals surface area contributed by atoms with Crippen LogP contribution in [0.5, 0.6) is 5.75 Å². The largest absolute Gasteiger partial charge is 0.573 e. The van der Waals surface area contributed by atoms with E-state index in [9.17, 15) is 21.6 Å². The first-order chi connectivity index (χ1) is 11.1. The van der Waals surface area contributed by atoms with Gasteiger partial charge in [0.15, 0.2) is 0 Å². The van der Waals surface area contributed by atoms with Gasteiger partial charge in [-0.1, -0.05) is 18.2 Å². The predicted molar refractivity (Wildman–Crippen MR) is 84.4 cm³/mol. The molecular formula is C16H16F3NO3S. The molecule has 0 radical (unpaired) electrons. The maximum absolute atomic E-state index is 12.8. The molecule has 0 aliphatic rings. The zero-order valence-electron chi connectivity index (χ0n) is 13.0. The van der Waals surface area contributed by atoms with E-state index in [-0.39, 0.29) is 10.9 Å². The van der Waals surface area contributed by atoms with Gasteiger partial charge in [0.05, 0.1) is 10.6 Å². The molecular weight excluding hydrogens is 343 g/mol. The molecule has 0 bridgehead atoms. The molecule has 0 saturated carbocycles. The number of sulfonamides is 1. The van der Waals surface area contributed by atoms with E-state index in [4.69, 9.17) is 0 Å². The van der Waals surface area contributed by atoms with Crippen LogP contribution in [0.4, 0.5) is 18.9 Å². The summed E-state index contributed by atoms with van der Waals surface area (Å²) in [4.78, 5) is -0.116. The molecule has 4 nitrogen and oxygen atoms in total. The molecule has 2 aromatic rings. The molecule has 0 N–H and O–H groups in total. The number of hydrogen-bond donors (Lipinski definition) is 0. The third-order valence-corrected chi connectivity index (χ3v) is 5.11. The molecule has 2 aromatic carbocycles. The summed E-state index contributed by atoms with van der Waals surface area (Å²) in [5.41, 5.74) is 0.475. The van der Waals surface area contributed by atoms with Crippen molar-refractivity contribution in [1.82, 2.24) is 0 Å². The lowest BCUT2D eigenvalue weighted by atomic mass is 10.3. The van der Waals surface area contributed by atoms with E-state index in [0.29, 0.717) is 5.69 Å². The van der Waals surface area contributed by atoms with Crippen LogP contribution in [0.1, 0.15) is 13.8 Å². The number of benzene rings is 2. The van der Waals surface area contributed by atoms with Crippen LogP contribution in [-0.4, -0.2) is 20.8 Å². The SMILES string of the molecule is CC(C)N(c1ccccc1)S(=O)(=O)c1ccc(OC(F)(F)F)cc1. The predicted octanol–water partition coefficient (Wildman–Crippen LogP) is 4.19. The van der Waals surface area contributed by atoms with Crippen molar-refractivity contribution in [2.45, 2.75) is 31.1 Å². The molecule has 0 fully saturated rings. The molecule has 0 heterocycles. The van der Waals surface area contributed by atoms with Crippen LogP contribution in [0, 0.1) is 0 Å². The molecule has 24 heavy (non-hydrogen) atoms. The van der Waals surface area contributed by atoms with E-state index >= 15 is 0 Å². The molecule has 0 atom stereocenters. The highest BCUT2D eigenvalue weighted by atomic mass is 32.2. The second-order valence-corrected chi connectivity index (χ2v) is 7.06. The minimum atomic E-state index is -4.83. The lowest BCUT2D eigenvalue weighted by Gasteiger charge is -2.28. The lowest BCUT2D eigenvalue weighted by molar-refractivity contribution is -0.274. The molecule has 0 aromatic heterocycles. The molecule has 0 aliphatic heterocycles. The maximum Gasteiger partial charge on any atom is 0.573 e.